The van der Waals surface area contributed by atoms with E-state index in [1.165, 1.54) is 4.31 Å². The Morgan fingerprint density at radius 1 is 0.818 bits per heavy atom. The van der Waals surface area contributed by atoms with Crippen LogP contribution in [0.4, 0.5) is 4.79 Å². The van der Waals surface area contributed by atoms with Crippen LogP contribution in [0.1, 0.15) is 62.3 Å². The zero-order valence-electron chi connectivity index (χ0n) is 34.5. The number of carbonyl (C=O) groups excluding carboxylic acids is 1. The second-order valence-corrected chi connectivity index (χ2v) is 30.5. The molecule has 2 aliphatic heterocycles. The van der Waals surface area contributed by atoms with Gasteiger partial charge in [-0.1, -0.05) is 70.3 Å². The van der Waals surface area contributed by atoms with Gasteiger partial charge < -0.3 is 38.1 Å². The van der Waals surface area contributed by atoms with E-state index in [0.29, 0.717) is 52.7 Å². The van der Waals surface area contributed by atoms with Gasteiger partial charge in [-0.25, -0.2) is 13.2 Å². The zero-order chi connectivity index (χ0) is 40.1. The monoisotopic (exact) mass is 822 g/mol. The van der Waals surface area contributed by atoms with Gasteiger partial charge in [-0.05, 0) is 60.3 Å². The van der Waals surface area contributed by atoms with Crippen LogP contribution >= 0.6 is 0 Å². The molecule has 310 valence electrons. The Balaban J connectivity index is 1.10. The van der Waals surface area contributed by atoms with Crippen molar-refractivity contribution in [1.82, 2.24) is 9.21 Å². The standard InChI is InChI=1S/C40H66N2O10SSi2/c1-40(2)50-30-35-27-34(16-17-37(35)52-40)38-28-41(39(43)51-38)18-11-9-10-12-19-46-20-21-47-29-33-14-13-15-36(26-33)53(44,45)42(31-48-22-24-54(3,4)5)32-49-23-25-55(6,7)8/h13-17,26-27,38H,9-12,18-25,28-32H2,1-8H3. The first kappa shape index (κ1) is 45.4. The van der Waals surface area contributed by atoms with Gasteiger partial charge in [0.25, 0.3) is 0 Å². The molecule has 2 aromatic rings. The van der Waals surface area contributed by atoms with Crippen molar-refractivity contribution < 1.29 is 46.4 Å². The number of sulfonamides is 1. The molecule has 2 aliphatic rings. The highest BCUT2D eigenvalue weighted by molar-refractivity contribution is 7.89. The average Bonchev–Trinajstić information content (AvgIpc) is 3.48. The number of cyclic esters (lactones) is 1. The molecule has 4 rings (SSSR count). The zero-order valence-corrected chi connectivity index (χ0v) is 37.3. The van der Waals surface area contributed by atoms with Crippen molar-refractivity contribution in [3.05, 3.63) is 59.2 Å². The van der Waals surface area contributed by atoms with Crippen molar-refractivity contribution >= 4 is 32.3 Å². The summed E-state index contributed by atoms with van der Waals surface area (Å²) >= 11 is 0. The SMILES string of the molecule is CC1(C)OCc2cc(C3CN(CCCCCCOCCOCc4cccc(S(=O)(=O)N(COCC[Si](C)(C)C)COCC[Si](C)(C)C)c4)C(=O)O3)ccc2O1. The molecule has 12 nitrogen and oxygen atoms in total. The van der Waals surface area contributed by atoms with Gasteiger partial charge in [0.15, 0.2) is 0 Å². The average molecular weight is 823 g/mol. The second kappa shape index (κ2) is 20.9. The molecule has 0 N–H and O–H groups in total. The number of rotatable bonds is 25. The summed E-state index contributed by atoms with van der Waals surface area (Å²) in [5, 5.41) is 0. The van der Waals surface area contributed by atoms with Gasteiger partial charge in [-0.2, -0.15) is 0 Å². The fraction of sp³-hybridized carbons (Fsp3) is 0.675. The molecule has 0 aliphatic carbocycles. The third-order valence-corrected chi connectivity index (χ3v) is 14.5. The smallest absolute Gasteiger partial charge is 0.410 e. The van der Waals surface area contributed by atoms with Crippen molar-refractivity contribution in [2.75, 3.05) is 59.6 Å². The first-order chi connectivity index (χ1) is 25.9. The lowest BCUT2D eigenvalue weighted by molar-refractivity contribution is -0.180. The molecule has 2 heterocycles. The van der Waals surface area contributed by atoms with E-state index >= 15 is 0 Å². The molecule has 0 radical (unpaired) electrons. The second-order valence-electron chi connectivity index (χ2n) is 17.4. The molecular formula is C40H66N2O10SSi2. The Hall–Kier alpha value is -2.35. The van der Waals surface area contributed by atoms with Gasteiger partial charge in [0.2, 0.25) is 15.8 Å². The molecule has 0 aromatic heterocycles. The maximum atomic E-state index is 13.7. The predicted octanol–water partition coefficient (Wildman–Crippen LogP) is 8.23. The Kier molecular flexibility index (Phi) is 17.2. The summed E-state index contributed by atoms with van der Waals surface area (Å²) in [5.74, 6) is 0.159. The summed E-state index contributed by atoms with van der Waals surface area (Å²) in [7, 11) is -6.47. The molecular weight excluding hydrogens is 757 g/mol. The van der Waals surface area contributed by atoms with Gasteiger partial charge in [0, 0.05) is 61.9 Å². The van der Waals surface area contributed by atoms with E-state index in [1.807, 2.05) is 38.1 Å². The first-order valence-electron chi connectivity index (χ1n) is 19.7. The summed E-state index contributed by atoms with van der Waals surface area (Å²) in [4.78, 5) is 14.5. The molecule has 15 heteroatoms. The fourth-order valence-electron chi connectivity index (χ4n) is 5.90. The first-order valence-corrected chi connectivity index (χ1v) is 28.6. The number of carbonyl (C=O) groups is 1. The number of benzene rings is 2. The Bertz CT molecular complexity index is 1590. The van der Waals surface area contributed by atoms with Crippen LogP contribution in [0.25, 0.3) is 0 Å². The Morgan fingerprint density at radius 3 is 2.18 bits per heavy atom. The molecule has 2 aromatic carbocycles. The van der Waals surface area contributed by atoms with Crippen molar-refractivity contribution in [2.45, 2.75) is 121 Å². The lowest BCUT2D eigenvalue weighted by atomic mass is 10.0. The summed E-state index contributed by atoms with van der Waals surface area (Å²) in [6.45, 7) is 21.8. The minimum absolute atomic E-state index is 0.0478. The van der Waals surface area contributed by atoms with Crippen LogP contribution < -0.4 is 4.74 Å². The minimum atomic E-state index is -3.84. The topological polar surface area (TPSA) is 122 Å². The molecule has 1 fully saturated rings. The van der Waals surface area contributed by atoms with E-state index in [0.717, 1.165) is 60.2 Å². The van der Waals surface area contributed by atoms with Crippen LogP contribution in [0.3, 0.4) is 0 Å². The summed E-state index contributed by atoms with van der Waals surface area (Å²) < 4.78 is 69.3. The van der Waals surface area contributed by atoms with Gasteiger partial charge in [0.05, 0.1) is 37.9 Å². The molecule has 1 amide bonds. The van der Waals surface area contributed by atoms with Crippen molar-refractivity contribution in [3.63, 3.8) is 0 Å². The number of nitrogens with zero attached hydrogens (tertiary/aromatic N) is 2. The van der Waals surface area contributed by atoms with Gasteiger partial charge in [-0.15, -0.1) is 4.31 Å². The van der Waals surface area contributed by atoms with Crippen LogP contribution in [0.5, 0.6) is 5.75 Å². The van der Waals surface area contributed by atoms with Crippen LogP contribution in [0, 0.1) is 0 Å². The molecule has 55 heavy (non-hydrogen) atoms. The lowest BCUT2D eigenvalue weighted by Gasteiger charge is -2.32. The van der Waals surface area contributed by atoms with E-state index in [4.69, 9.17) is 33.2 Å². The molecule has 1 unspecified atom stereocenters. The number of hydrogen-bond acceptors (Lipinski definition) is 10. The molecule has 0 spiro atoms. The van der Waals surface area contributed by atoms with Crippen molar-refractivity contribution in [3.8, 4) is 5.75 Å². The van der Waals surface area contributed by atoms with Crippen LogP contribution in [-0.4, -0.2) is 105 Å². The number of hydrogen-bond donors (Lipinski definition) is 0. The number of amides is 1. The van der Waals surface area contributed by atoms with E-state index in [1.54, 1.807) is 23.1 Å². The Morgan fingerprint density at radius 2 is 1.49 bits per heavy atom. The quantitative estimate of drug-likeness (QED) is 0.0550. The summed E-state index contributed by atoms with van der Waals surface area (Å²) in [6.07, 6.45) is 3.24. The largest absolute Gasteiger partial charge is 0.463 e. The summed E-state index contributed by atoms with van der Waals surface area (Å²) in [6, 6.07) is 14.7. The highest BCUT2D eigenvalue weighted by Crippen LogP contribution is 2.35. The van der Waals surface area contributed by atoms with E-state index in [2.05, 4.69) is 39.3 Å². The minimum Gasteiger partial charge on any atom is -0.463 e. The van der Waals surface area contributed by atoms with Crippen LogP contribution in [-0.2, 0) is 51.7 Å². The van der Waals surface area contributed by atoms with Crippen LogP contribution in [0.2, 0.25) is 51.4 Å². The number of unbranched alkanes of at least 4 members (excludes halogenated alkanes) is 3. The maximum Gasteiger partial charge on any atom is 0.410 e. The van der Waals surface area contributed by atoms with Crippen molar-refractivity contribution in [1.29, 1.82) is 0 Å². The van der Waals surface area contributed by atoms with Crippen molar-refractivity contribution in [2.24, 2.45) is 0 Å². The molecule has 1 atom stereocenters. The van der Waals surface area contributed by atoms with E-state index < -0.39 is 32.0 Å². The van der Waals surface area contributed by atoms with Crippen LogP contribution in [0.15, 0.2) is 47.4 Å². The van der Waals surface area contributed by atoms with E-state index in [9.17, 15) is 13.2 Å². The summed E-state index contributed by atoms with van der Waals surface area (Å²) in [5.41, 5.74) is 2.68. The Labute approximate surface area is 332 Å². The third-order valence-electron chi connectivity index (χ3n) is 9.38. The lowest BCUT2D eigenvalue weighted by Crippen LogP contribution is -2.36. The highest BCUT2D eigenvalue weighted by Gasteiger charge is 2.34. The fourth-order valence-corrected chi connectivity index (χ4v) is 8.69. The molecule has 0 bridgehead atoms. The normalized spacial score (nSPS) is 17.4. The maximum absolute atomic E-state index is 13.7. The van der Waals surface area contributed by atoms with Gasteiger partial charge in [0.1, 0.15) is 25.3 Å². The third kappa shape index (κ3) is 15.8. The predicted molar refractivity (Wildman–Crippen MR) is 219 cm³/mol. The highest BCUT2D eigenvalue weighted by atomic mass is 32.2. The molecule has 1 saturated heterocycles. The number of ether oxygens (including phenoxy) is 7. The van der Waals surface area contributed by atoms with Gasteiger partial charge >= 0.3 is 6.09 Å². The van der Waals surface area contributed by atoms with Gasteiger partial charge in [-0.3, -0.25) is 0 Å². The van der Waals surface area contributed by atoms with E-state index in [-0.39, 0.29) is 37.2 Å². The number of fused-ring (bicyclic) bond motifs is 1. The molecule has 0 saturated carbocycles.